The first kappa shape index (κ1) is 11.6. The smallest absolute Gasteiger partial charge is 0.326 e. The average Bonchev–Trinajstić information content (AvgIpc) is 2.75. The van der Waals surface area contributed by atoms with Crippen molar-refractivity contribution in [2.24, 2.45) is 7.05 Å². The van der Waals surface area contributed by atoms with E-state index in [0.717, 1.165) is 12.8 Å². The molecule has 0 aliphatic carbocycles. The van der Waals surface area contributed by atoms with E-state index in [4.69, 9.17) is 5.11 Å². The lowest BCUT2D eigenvalue weighted by Crippen LogP contribution is -2.48. The number of hydrogen-bond acceptors (Lipinski definition) is 3. The third-order valence-corrected chi connectivity index (χ3v) is 2.98. The molecule has 1 N–H and O–H groups in total. The minimum absolute atomic E-state index is 0.294. The number of carbonyl (C=O) groups is 2. The van der Waals surface area contributed by atoms with Crippen LogP contribution in [0.1, 0.15) is 29.8 Å². The second-order valence-corrected chi connectivity index (χ2v) is 4.22. The lowest BCUT2D eigenvalue weighted by molar-refractivity contribution is -0.143. The fraction of sp³-hybridized carbons (Fsp3) is 0.545. The molecule has 1 saturated heterocycles. The molecule has 0 aromatic carbocycles. The molecular weight excluding hydrogens is 222 g/mol. The predicted molar refractivity (Wildman–Crippen MR) is 59.5 cm³/mol. The highest BCUT2D eigenvalue weighted by molar-refractivity contribution is 5.95. The SMILES string of the molecule is Cn1ccc(C(=O)N2CCCC[C@H]2C(=O)O)n1. The van der Waals surface area contributed by atoms with Crippen molar-refractivity contribution in [3.63, 3.8) is 0 Å². The fourth-order valence-electron chi connectivity index (χ4n) is 2.11. The summed E-state index contributed by atoms with van der Waals surface area (Å²) in [5.41, 5.74) is 0.306. The fourth-order valence-corrected chi connectivity index (χ4v) is 2.11. The summed E-state index contributed by atoms with van der Waals surface area (Å²) in [4.78, 5) is 24.6. The van der Waals surface area contributed by atoms with Gasteiger partial charge in [0.05, 0.1) is 0 Å². The number of aryl methyl sites for hydroxylation is 1. The Balaban J connectivity index is 2.19. The van der Waals surface area contributed by atoms with E-state index in [1.165, 1.54) is 9.58 Å². The summed E-state index contributed by atoms with van der Waals surface area (Å²) in [6.07, 6.45) is 3.90. The van der Waals surface area contributed by atoms with Gasteiger partial charge in [-0.25, -0.2) is 4.79 Å². The monoisotopic (exact) mass is 237 g/mol. The first-order chi connectivity index (χ1) is 8.09. The van der Waals surface area contributed by atoms with Crippen LogP contribution in [0.4, 0.5) is 0 Å². The molecule has 1 aliphatic rings. The molecule has 17 heavy (non-hydrogen) atoms. The number of carboxylic acids is 1. The molecule has 1 atom stereocenters. The Bertz CT molecular complexity index is 441. The van der Waals surface area contributed by atoms with Crippen LogP contribution in [0.15, 0.2) is 12.3 Å². The van der Waals surface area contributed by atoms with Crippen LogP contribution in [0, 0.1) is 0 Å². The minimum Gasteiger partial charge on any atom is -0.480 e. The molecule has 0 spiro atoms. The van der Waals surface area contributed by atoms with Gasteiger partial charge in [0, 0.05) is 19.8 Å². The number of hydrogen-bond donors (Lipinski definition) is 1. The molecule has 1 amide bonds. The van der Waals surface area contributed by atoms with Crippen LogP contribution in [0.25, 0.3) is 0 Å². The Labute approximate surface area is 98.8 Å². The molecule has 0 radical (unpaired) electrons. The normalized spacial score (nSPS) is 20.3. The maximum Gasteiger partial charge on any atom is 0.326 e. The Hall–Kier alpha value is -1.85. The molecule has 6 nitrogen and oxygen atoms in total. The van der Waals surface area contributed by atoms with Gasteiger partial charge in [-0.15, -0.1) is 0 Å². The Kier molecular flexibility index (Phi) is 3.12. The van der Waals surface area contributed by atoms with Crippen LogP contribution in [0.2, 0.25) is 0 Å². The van der Waals surface area contributed by atoms with Gasteiger partial charge in [0.2, 0.25) is 0 Å². The van der Waals surface area contributed by atoms with Crippen molar-refractivity contribution in [1.82, 2.24) is 14.7 Å². The van der Waals surface area contributed by atoms with Gasteiger partial charge in [-0.2, -0.15) is 5.10 Å². The van der Waals surface area contributed by atoms with Crippen molar-refractivity contribution in [3.05, 3.63) is 18.0 Å². The van der Waals surface area contributed by atoms with Crippen LogP contribution < -0.4 is 0 Å². The Morgan fingerprint density at radius 1 is 1.47 bits per heavy atom. The number of likely N-dealkylation sites (tertiary alicyclic amines) is 1. The number of nitrogens with zero attached hydrogens (tertiary/aromatic N) is 3. The molecule has 1 fully saturated rings. The van der Waals surface area contributed by atoms with Gasteiger partial charge >= 0.3 is 5.97 Å². The maximum atomic E-state index is 12.1. The summed E-state index contributed by atoms with van der Waals surface area (Å²) in [5, 5.41) is 13.1. The molecule has 1 aromatic rings. The van der Waals surface area contributed by atoms with Gasteiger partial charge in [-0.1, -0.05) is 0 Å². The quantitative estimate of drug-likeness (QED) is 0.812. The molecule has 0 bridgehead atoms. The predicted octanol–water partition coefficient (Wildman–Crippen LogP) is 0.499. The van der Waals surface area contributed by atoms with Gasteiger partial charge in [0.25, 0.3) is 5.91 Å². The summed E-state index contributed by atoms with van der Waals surface area (Å²) < 4.78 is 1.53. The van der Waals surface area contributed by atoms with E-state index in [9.17, 15) is 9.59 Å². The van der Waals surface area contributed by atoms with E-state index in [0.29, 0.717) is 18.7 Å². The topological polar surface area (TPSA) is 75.4 Å². The molecule has 2 heterocycles. The van der Waals surface area contributed by atoms with Gasteiger partial charge in [-0.05, 0) is 25.3 Å². The van der Waals surface area contributed by atoms with Gasteiger partial charge in [0.15, 0.2) is 0 Å². The van der Waals surface area contributed by atoms with Gasteiger partial charge < -0.3 is 10.0 Å². The molecule has 0 saturated carbocycles. The van der Waals surface area contributed by atoms with E-state index in [1.54, 1.807) is 19.3 Å². The number of aliphatic carboxylic acids is 1. The molecule has 92 valence electrons. The highest BCUT2D eigenvalue weighted by atomic mass is 16.4. The molecule has 1 aromatic heterocycles. The zero-order valence-corrected chi connectivity index (χ0v) is 9.67. The van der Waals surface area contributed by atoms with Crippen molar-refractivity contribution in [2.45, 2.75) is 25.3 Å². The zero-order valence-electron chi connectivity index (χ0n) is 9.67. The average molecular weight is 237 g/mol. The molecule has 1 aliphatic heterocycles. The summed E-state index contributed by atoms with van der Waals surface area (Å²) >= 11 is 0. The van der Waals surface area contributed by atoms with Crippen LogP contribution in [-0.2, 0) is 11.8 Å². The molecule has 0 unspecified atom stereocenters. The van der Waals surface area contributed by atoms with E-state index in [2.05, 4.69) is 5.10 Å². The highest BCUT2D eigenvalue weighted by Gasteiger charge is 2.33. The Morgan fingerprint density at radius 2 is 2.24 bits per heavy atom. The van der Waals surface area contributed by atoms with Crippen molar-refractivity contribution in [2.75, 3.05) is 6.54 Å². The van der Waals surface area contributed by atoms with Crippen LogP contribution >= 0.6 is 0 Å². The first-order valence-electron chi connectivity index (χ1n) is 5.63. The second kappa shape index (κ2) is 4.57. The van der Waals surface area contributed by atoms with E-state index >= 15 is 0 Å². The van der Waals surface area contributed by atoms with Crippen molar-refractivity contribution >= 4 is 11.9 Å². The van der Waals surface area contributed by atoms with Crippen LogP contribution in [-0.4, -0.2) is 44.3 Å². The first-order valence-corrected chi connectivity index (χ1v) is 5.63. The number of aromatic nitrogens is 2. The molecule has 2 rings (SSSR count). The summed E-state index contributed by atoms with van der Waals surface area (Å²) in [6.45, 7) is 0.492. The molecular formula is C11H15N3O3. The maximum absolute atomic E-state index is 12.1. The lowest BCUT2D eigenvalue weighted by atomic mass is 10.0. The third kappa shape index (κ3) is 2.30. The van der Waals surface area contributed by atoms with Crippen molar-refractivity contribution in [1.29, 1.82) is 0 Å². The number of rotatable bonds is 2. The summed E-state index contributed by atoms with van der Waals surface area (Å²) in [6, 6.07) is 0.897. The van der Waals surface area contributed by atoms with Gasteiger partial charge in [0.1, 0.15) is 11.7 Å². The van der Waals surface area contributed by atoms with Crippen molar-refractivity contribution in [3.8, 4) is 0 Å². The van der Waals surface area contributed by atoms with Crippen molar-refractivity contribution < 1.29 is 14.7 Å². The summed E-state index contributed by atoms with van der Waals surface area (Å²) in [7, 11) is 1.72. The van der Waals surface area contributed by atoms with Crippen LogP contribution in [0.5, 0.6) is 0 Å². The second-order valence-electron chi connectivity index (χ2n) is 4.22. The van der Waals surface area contributed by atoms with Crippen LogP contribution in [0.3, 0.4) is 0 Å². The van der Waals surface area contributed by atoms with E-state index in [1.807, 2.05) is 0 Å². The lowest BCUT2D eigenvalue weighted by Gasteiger charge is -2.32. The Morgan fingerprint density at radius 3 is 2.82 bits per heavy atom. The number of piperidine rings is 1. The number of carboxylic acid groups (broad SMARTS) is 1. The third-order valence-electron chi connectivity index (χ3n) is 2.98. The van der Waals surface area contributed by atoms with E-state index < -0.39 is 12.0 Å². The summed E-state index contributed by atoms with van der Waals surface area (Å²) in [5.74, 6) is -1.23. The minimum atomic E-state index is -0.936. The highest BCUT2D eigenvalue weighted by Crippen LogP contribution is 2.19. The standard InChI is InChI=1S/C11H15N3O3/c1-13-7-5-8(12-13)10(15)14-6-3-2-4-9(14)11(16)17/h5,7,9H,2-4,6H2,1H3,(H,16,17)/t9-/m0/s1. The van der Waals surface area contributed by atoms with Gasteiger partial charge in [-0.3, -0.25) is 9.48 Å². The zero-order chi connectivity index (χ0) is 12.4. The largest absolute Gasteiger partial charge is 0.480 e. The van der Waals surface area contributed by atoms with E-state index in [-0.39, 0.29) is 5.91 Å². The number of amides is 1. The molecule has 6 heteroatoms. The number of carbonyl (C=O) groups excluding carboxylic acids is 1.